The number of benzene rings is 2. The first-order valence-electron chi connectivity index (χ1n) is 10.5. The molecule has 1 amide bonds. The topological polar surface area (TPSA) is 69.7 Å². The molecule has 162 valence electrons. The van der Waals surface area contributed by atoms with Crippen LogP contribution in [0.5, 0.6) is 0 Å². The summed E-state index contributed by atoms with van der Waals surface area (Å²) >= 11 is 0. The molecule has 0 saturated carbocycles. The molecule has 0 bridgehead atoms. The molecule has 1 N–H and O–H groups in total. The Morgan fingerprint density at radius 2 is 1.50 bits per heavy atom. The third-order valence-electron chi connectivity index (χ3n) is 5.32. The molecular weight excluding hydrogens is 398 g/mol. The maximum atomic E-state index is 12.7. The van der Waals surface area contributed by atoms with Gasteiger partial charge < -0.3 is 5.32 Å². The van der Waals surface area contributed by atoms with E-state index in [-0.39, 0.29) is 18.5 Å². The lowest BCUT2D eigenvalue weighted by Crippen LogP contribution is -2.51. The van der Waals surface area contributed by atoms with Crippen LogP contribution in [0.25, 0.3) is 0 Å². The van der Waals surface area contributed by atoms with Crippen molar-refractivity contribution in [2.45, 2.75) is 31.2 Å². The van der Waals surface area contributed by atoms with Crippen LogP contribution in [-0.2, 0) is 14.8 Å². The first kappa shape index (κ1) is 22.5. The molecule has 1 atom stereocenters. The van der Waals surface area contributed by atoms with E-state index in [1.165, 1.54) is 4.31 Å². The van der Waals surface area contributed by atoms with E-state index < -0.39 is 10.0 Å². The minimum absolute atomic E-state index is 0.0153. The molecular formula is C23H31N3O3S. The van der Waals surface area contributed by atoms with Crippen LogP contribution < -0.4 is 5.32 Å². The van der Waals surface area contributed by atoms with Gasteiger partial charge in [0.1, 0.15) is 0 Å². The summed E-state index contributed by atoms with van der Waals surface area (Å²) in [5, 5.41) is 3.17. The number of nitrogens with one attached hydrogen (secondary N) is 1. The van der Waals surface area contributed by atoms with E-state index in [4.69, 9.17) is 0 Å². The molecule has 3 rings (SSSR count). The molecule has 1 fully saturated rings. The molecule has 2 aromatic rings. The standard InChI is InChI=1S/C23H31N3O3S/c1-19(2)17-22(20-9-5-3-6-10-20)24-23(27)18-25-13-15-26(16-14-25)30(28,29)21-11-7-4-8-12-21/h3-12,19,22H,13-18H2,1-2H3,(H,24,27)/t22-/m1/s1. The predicted molar refractivity (Wildman–Crippen MR) is 118 cm³/mol. The van der Waals surface area contributed by atoms with Crippen molar-refractivity contribution in [2.24, 2.45) is 5.92 Å². The number of rotatable bonds is 8. The van der Waals surface area contributed by atoms with Gasteiger partial charge in [0.2, 0.25) is 15.9 Å². The highest BCUT2D eigenvalue weighted by molar-refractivity contribution is 7.89. The molecule has 0 spiro atoms. The van der Waals surface area contributed by atoms with Crippen molar-refractivity contribution in [3.8, 4) is 0 Å². The Balaban J connectivity index is 1.54. The lowest BCUT2D eigenvalue weighted by Gasteiger charge is -2.34. The minimum Gasteiger partial charge on any atom is -0.348 e. The summed E-state index contributed by atoms with van der Waals surface area (Å²) in [6.07, 6.45) is 0.874. The molecule has 0 radical (unpaired) electrons. The summed E-state index contributed by atoms with van der Waals surface area (Å²) in [6, 6.07) is 18.5. The molecule has 0 unspecified atom stereocenters. The largest absolute Gasteiger partial charge is 0.348 e. The Kier molecular flexibility index (Phi) is 7.64. The first-order chi connectivity index (χ1) is 14.4. The quantitative estimate of drug-likeness (QED) is 0.701. The van der Waals surface area contributed by atoms with Gasteiger partial charge in [0.05, 0.1) is 17.5 Å². The number of carbonyl (C=O) groups excluding carboxylic acids is 1. The number of sulfonamides is 1. The van der Waals surface area contributed by atoms with Crippen molar-refractivity contribution in [3.63, 3.8) is 0 Å². The second-order valence-corrected chi connectivity index (χ2v) is 10.1. The van der Waals surface area contributed by atoms with Gasteiger partial charge in [0.25, 0.3) is 0 Å². The van der Waals surface area contributed by atoms with Crippen molar-refractivity contribution < 1.29 is 13.2 Å². The van der Waals surface area contributed by atoms with Gasteiger partial charge in [0, 0.05) is 26.2 Å². The molecule has 2 aromatic carbocycles. The van der Waals surface area contributed by atoms with Crippen LogP contribution in [0.4, 0.5) is 0 Å². The van der Waals surface area contributed by atoms with Gasteiger partial charge in [-0.1, -0.05) is 62.4 Å². The number of piperazine rings is 1. The summed E-state index contributed by atoms with van der Waals surface area (Å²) in [5.74, 6) is 0.436. The number of nitrogens with zero attached hydrogens (tertiary/aromatic N) is 2. The fourth-order valence-electron chi connectivity index (χ4n) is 3.75. The van der Waals surface area contributed by atoms with Crippen LogP contribution in [0.15, 0.2) is 65.6 Å². The van der Waals surface area contributed by atoms with E-state index in [2.05, 4.69) is 19.2 Å². The number of carbonyl (C=O) groups is 1. The monoisotopic (exact) mass is 429 g/mol. The Bertz CT molecular complexity index is 909. The molecule has 0 aromatic heterocycles. The van der Waals surface area contributed by atoms with E-state index in [0.29, 0.717) is 37.0 Å². The number of amides is 1. The summed E-state index contributed by atoms with van der Waals surface area (Å²) in [6.45, 7) is 6.43. The zero-order valence-corrected chi connectivity index (χ0v) is 18.5. The summed E-state index contributed by atoms with van der Waals surface area (Å²) in [5.41, 5.74) is 1.11. The zero-order chi connectivity index (χ0) is 21.6. The maximum Gasteiger partial charge on any atom is 0.243 e. The van der Waals surface area contributed by atoms with Gasteiger partial charge in [0.15, 0.2) is 0 Å². The van der Waals surface area contributed by atoms with E-state index in [0.717, 1.165) is 12.0 Å². The molecule has 1 saturated heterocycles. The van der Waals surface area contributed by atoms with Crippen LogP contribution >= 0.6 is 0 Å². The van der Waals surface area contributed by atoms with Crippen LogP contribution in [0.2, 0.25) is 0 Å². The van der Waals surface area contributed by atoms with Crippen LogP contribution in [0.3, 0.4) is 0 Å². The van der Waals surface area contributed by atoms with E-state index in [1.807, 2.05) is 35.2 Å². The van der Waals surface area contributed by atoms with Gasteiger partial charge in [-0.25, -0.2) is 8.42 Å². The van der Waals surface area contributed by atoms with Gasteiger partial charge >= 0.3 is 0 Å². The van der Waals surface area contributed by atoms with Crippen molar-refractivity contribution in [1.82, 2.24) is 14.5 Å². The van der Waals surface area contributed by atoms with Crippen molar-refractivity contribution >= 4 is 15.9 Å². The molecule has 1 aliphatic rings. The summed E-state index contributed by atoms with van der Waals surface area (Å²) in [4.78, 5) is 15.0. The molecule has 30 heavy (non-hydrogen) atoms. The number of hydrogen-bond donors (Lipinski definition) is 1. The predicted octanol–water partition coefficient (Wildman–Crippen LogP) is 2.90. The van der Waals surface area contributed by atoms with Crippen molar-refractivity contribution in [2.75, 3.05) is 32.7 Å². The normalized spacial score (nSPS) is 17.0. The van der Waals surface area contributed by atoms with Gasteiger partial charge in [-0.05, 0) is 30.0 Å². The Morgan fingerprint density at radius 3 is 2.07 bits per heavy atom. The lowest BCUT2D eigenvalue weighted by atomic mass is 9.97. The molecule has 1 aliphatic heterocycles. The summed E-state index contributed by atoms with van der Waals surface area (Å²) < 4.78 is 27.0. The van der Waals surface area contributed by atoms with Gasteiger partial charge in [-0.3, -0.25) is 9.69 Å². The highest BCUT2D eigenvalue weighted by Crippen LogP contribution is 2.21. The van der Waals surface area contributed by atoms with E-state index in [9.17, 15) is 13.2 Å². The third kappa shape index (κ3) is 5.90. The number of hydrogen-bond acceptors (Lipinski definition) is 4. The Morgan fingerprint density at radius 1 is 0.933 bits per heavy atom. The first-order valence-corrected chi connectivity index (χ1v) is 11.9. The van der Waals surface area contributed by atoms with Gasteiger partial charge in [-0.15, -0.1) is 0 Å². The molecule has 7 heteroatoms. The Labute approximate surface area is 179 Å². The van der Waals surface area contributed by atoms with Crippen molar-refractivity contribution in [3.05, 3.63) is 66.2 Å². The summed E-state index contributed by atoms with van der Waals surface area (Å²) in [7, 11) is -3.48. The second-order valence-electron chi connectivity index (χ2n) is 8.15. The highest BCUT2D eigenvalue weighted by Gasteiger charge is 2.29. The van der Waals surface area contributed by atoms with Crippen LogP contribution in [-0.4, -0.2) is 56.3 Å². The SMILES string of the molecule is CC(C)C[C@@H](NC(=O)CN1CCN(S(=O)(=O)c2ccccc2)CC1)c1ccccc1. The lowest BCUT2D eigenvalue weighted by molar-refractivity contribution is -0.123. The third-order valence-corrected chi connectivity index (χ3v) is 7.24. The molecule has 6 nitrogen and oxygen atoms in total. The minimum atomic E-state index is -3.48. The van der Waals surface area contributed by atoms with E-state index in [1.54, 1.807) is 30.3 Å². The Hall–Kier alpha value is -2.22. The van der Waals surface area contributed by atoms with Crippen molar-refractivity contribution in [1.29, 1.82) is 0 Å². The second kappa shape index (κ2) is 10.2. The average molecular weight is 430 g/mol. The van der Waals surface area contributed by atoms with Gasteiger partial charge in [-0.2, -0.15) is 4.31 Å². The fraction of sp³-hybridized carbons (Fsp3) is 0.435. The average Bonchev–Trinajstić information content (AvgIpc) is 2.74. The van der Waals surface area contributed by atoms with Crippen LogP contribution in [0.1, 0.15) is 31.9 Å². The molecule has 1 heterocycles. The van der Waals surface area contributed by atoms with Crippen LogP contribution in [0, 0.1) is 5.92 Å². The fourth-order valence-corrected chi connectivity index (χ4v) is 5.19. The maximum absolute atomic E-state index is 12.7. The zero-order valence-electron chi connectivity index (χ0n) is 17.7. The highest BCUT2D eigenvalue weighted by atomic mass is 32.2. The molecule has 0 aliphatic carbocycles. The van der Waals surface area contributed by atoms with E-state index >= 15 is 0 Å². The smallest absolute Gasteiger partial charge is 0.243 e.